The second-order valence-corrected chi connectivity index (χ2v) is 9.31. The summed E-state index contributed by atoms with van der Waals surface area (Å²) in [5.74, 6) is 0.726. The third-order valence-electron chi connectivity index (χ3n) is 5.67. The average molecular weight is 443 g/mol. The van der Waals surface area contributed by atoms with E-state index in [1.165, 1.54) is 0 Å². The second-order valence-electron chi connectivity index (χ2n) is 9.31. The summed E-state index contributed by atoms with van der Waals surface area (Å²) in [5.41, 5.74) is 1.62. The van der Waals surface area contributed by atoms with Crippen LogP contribution in [-0.2, 0) is 27.4 Å². The lowest BCUT2D eigenvalue weighted by Crippen LogP contribution is -2.42. The van der Waals surface area contributed by atoms with Gasteiger partial charge >= 0.3 is 0 Å². The Morgan fingerprint density at radius 3 is 2.59 bits per heavy atom. The Labute approximate surface area is 190 Å². The van der Waals surface area contributed by atoms with Crippen LogP contribution in [0.5, 0.6) is 0 Å². The highest BCUT2D eigenvalue weighted by Gasteiger charge is 2.27. The van der Waals surface area contributed by atoms with Gasteiger partial charge in [0, 0.05) is 37.2 Å². The van der Waals surface area contributed by atoms with Crippen LogP contribution in [0, 0.1) is 5.41 Å². The molecule has 7 heteroatoms. The molecule has 1 unspecified atom stereocenters. The highest BCUT2D eigenvalue weighted by atomic mass is 16.5. The number of aliphatic hydroxyl groups is 1. The SMILES string of the molecule is CC(C)(C)C(=O)CN1CCc2ccccc2N(CC(O)COCc2ccco2)CCC1=O. The molecule has 0 saturated carbocycles. The minimum absolute atomic E-state index is 0.0380. The number of furan rings is 1. The number of aliphatic hydroxyl groups excluding tert-OH is 1. The number of carbonyl (C=O) groups is 2. The number of para-hydroxylation sites is 1. The van der Waals surface area contributed by atoms with Crippen LogP contribution in [-0.4, -0.2) is 60.6 Å². The number of hydrogen-bond donors (Lipinski definition) is 1. The Morgan fingerprint density at radius 1 is 1.12 bits per heavy atom. The molecule has 1 aliphatic rings. The van der Waals surface area contributed by atoms with E-state index in [1.54, 1.807) is 17.2 Å². The van der Waals surface area contributed by atoms with Gasteiger partial charge in [0.15, 0.2) is 5.78 Å². The van der Waals surface area contributed by atoms with Crippen molar-refractivity contribution in [2.45, 2.75) is 46.3 Å². The van der Waals surface area contributed by atoms with Crippen LogP contribution >= 0.6 is 0 Å². The van der Waals surface area contributed by atoms with Crippen molar-refractivity contribution in [3.05, 3.63) is 54.0 Å². The molecule has 0 aliphatic carbocycles. The smallest absolute Gasteiger partial charge is 0.224 e. The number of nitrogens with zero attached hydrogens (tertiary/aromatic N) is 2. The van der Waals surface area contributed by atoms with Crippen molar-refractivity contribution in [2.75, 3.05) is 37.7 Å². The van der Waals surface area contributed by atoms with Gasteiger partial charge in [0.1, 0.15) is 12.4 Å². The van der Waals surface area contributed by atoms with Crippen molar-refractivity contribution in [3.8, 4) is 0 Å². The zero-order valence-corrected chi connectivity index (χ0v) is 19.3. The second kappa shape index (κ2) is 10.8. The Morgan fingerprint density at radius 2 is 1.88 bits per heavy atom. The first-order chi connectivity index (χ1) is 15.2. The first kappa shape index (κ1) is 24.0. The molecule has 0 fully saturated rings. The van der Waals surface area contributed by atoms with E-state index < -0.39 is 11.5 Å². The zero-order valence-electron chi connectivity index (χ0n) is 19.3. The van der Waals surface area contributed by atoms with Crippen LogP contribution in [0.3, 0.4) is 0 Å². The fourth-order valence-corrected chi connectivity index (χ4v) is 3.68. The number of amides is 1. The molecule has 1 amide bonds. The van der Waals surface area contributed by atoms with Gasteiger partial charge in [-0.3, -0.25) is 9.59 Å². The van der Waals surface area contributed by atoms with Gasteiger partial charge in [-0.05, 0) is 30.2 Å². The molecule has 1 N–H and O–H groups in total. The van der Waals surface area contributed by atoms with Crippen molar-refractivity contribution >= 4 is 17.4 Å². The van der Waals surface area contributed by atoms with Crippen molar-refractivity contribution in [1.82, 2.24) is 4.90 Å². The quantitative estimate of drug-likeness (QED) is 0.677. The van der Waals surface area contributed by atoms with Gasteiger partial charge in [-0.15, -0.1) is 0 Å². The van der Waals surface area contributed by atoms with Gasteiger partial charge in [0.2, 0.25) is 5.91 Å². The molecule has 1 atom stereocenters. The number of carbonyl (C=O) groups excluding carboxylic acids is 2. The van der Waals surface area contributed by atoms with Crippen LogP contribution < -0.4 is 4.90 Å². The number of fused-ring (bicyclic) bond motifs is 1. The molecule has 3 rings (SSSR count). The summed E-state index contributed by atoms with van der Waals surface area (Å²) in [6.07, 6.45) is 1.81. The summed E-state index contributed by atoms with van der Waals surface area (Å²) in [6.45, 7) is 7.55. The first-order valence-corrected chi connectivity index (χ1v) is 11.2. The van der Waals surface area contributed by atoms with E-state index >= 15 is 0 Å². The number of hydrogen-bond acceptors (Lipinski definition) is 6. The topological polar surface area (TPSA) is 83.2 Å². The average Bonchev–Trinajstić information content (AvgIpc) is 3.27. The van der Waals surface area contributed by atoms with Crippen molar-refractivity contribution < 1.29 is 23.8 Å². The minimum atomic E-state index is -0.715. The summed E-state index contributed by atoms with van der Waals surface area (Å²) >= 11 is 0. The summed E-state index contributed by atoms with van der Waals surface area (Å²) < 4.78 is 10.8. The molecule has 32 heavy (non-hydrogen) atoms. The number of ketones is 1. The molecule has 0 radical (unpaired) electrons. The van der Waals surface area contributed by atoms with Gasteiger partial charge in [-0.1, -0.05) is 39.0 Å². The maximum atomic E-state index is 12.9. The van der Waals surface area contributed by atoms with Crippen molar-refractivity contribution in [2.24, 2.45) is 5.41 Å². The third kappa shape index (κ3) is 6.68. The highest BCUT2D eigenvalue weighted by Crippen LogP contribution is 2.24. The molecular formula is C25H34N2O5. The fraction of sp³-hybridized carbons (Fsp3) is 0.520. The van der Waals surface area contributed by atoms with E-state index in [-0.39, 0.29) is 31.3 Å². The van der Waals surface area contributed by atoms with Gasteiger partial charge in [-0.25, -0.2) is 0 Å². The summed E-state index contributed by atoms with van der Waals surface area (Å²) in [5, 5.41) is 10.6. The molecular weight excluding hydrogens is 408 g/mol. The van der Waals surface area contributed by atoms with Crippen molar-refractivity contribution in [3.63, 3.8) is 0 Å². The number of ether oxygens (including phenoxy) is 1. The van der Waals surface area contributed by atoms with Crippen molar-refractivity contribution in [1.29, 1.82) is 0 Å². The highest BCUT2D eigenvalue weighted by molar-refractivity contribution is 5.89. The normalized spacial score (nSPS) is 16.2. The van der Waals surface area contributed by atoms with E-state index in [2.05, 4.69) is 0 Å². The Balaban J connectivity index is 1.66. The fourth-order valence-electron chi connectivity index (χ4n) is 3.68. The maximum Gasteiger partial charge on any atom is 0.224 e. The van der Waals surface area contributed by atoms with Gasteiger partial charge < -0.3 is 24.1 Å². The molecule has 0 spiro atoms. The molecule has 1 aromatic heterocycles. The monoisotopic (exact) mass is 442 g/mol. The zero-order chi connectivity index (χ0) is 23.1. The summed E-state index contributed by atoms with van der Waals surface area (Å²) in [7, 11) is 0. The van der Waals surface area contributed by atoms with Crippen LogP contribution in [0.1, 0.15) is 38.5 Å². The summed E-state index contributed by atoms with van der Waals surface area (Å²) in [4.78, 5) is 29.2. The molecule has 1 aliphatic heterocycles. The molecule has 174 valence electrons. The summed E-state index contributed by atoms with van der Waals surface area (Å²) in [6, 6.07) is 11.6. The lowest BCUT2D eigenvalue weighted by Gasteiger charge is -2.28. The van der Waals surface area contributed by atoms with Crippen LogP contribution in [0.4, 0.5) is 5.69 Å². The minimum Gasteiger partial charge on any atom is -0.467 e. The largest absolute Gasteiger partial charge is 0.467 e. The molecule has 1 aromatic carbocycles. The first-order valence-electron chi connectivity index (χ1n) is 11.2. The van der Waals surface area contributed by atoms with E-state index in [1.807, 2.05) is 56.0 Å². The number of Topliss-reactive ketones (excluding diaryl/α,β-unsaturated/α-hetero) is 1. The van der Waals surface area contributed by atoms with E-state index in [4.69, 9.17) is 9.15 Å². The number of anilines is 1. The maximum absolute atomic E-state index is 12.9. The molecule has 7 nitrogen and oxygen atoms in total. The number of benzene rings is 1. The number of rotatable bonds is 8. The predicted octanol–water partition coefficient (Wildman–Crippen LogP) is 3.05. The molecule has 2 heterocycles. The lowest BCUT2D eigenvalue weighted by molar-refractivity contribution is -0.137. The predicted molar refractivity (Wildman–Crippen MR) is 122 cm³/mol. The number of β-amino-alcohol motifs (C(OH)–C–C–N with tert-alkyl or cyclic N) is 1. The standard InChI is InChI=1S/C25H34N2O5/c1-25(2,3)23(29)16-27-12-10-19-7-4-5-9-22(19)26(13-11-24(27)30)15-20(28)17-31-18-21-8-6-14-32-21/h4-9,14,20,28H,10-13,15-18H2,1-3H3. The van der Waals surface area contributed by atoms with Gasteiger partial charge in [-0.2, -0.15) is 0 Å². The lowest BCUT2D eigenvalue weighted by atomic mass is 9.90. The van der Waals surface area contributed by atoms with E-state index in [9.17, 15) is 14.7 Å². The van der Waals surface area contributed by atoms with E-state index in [0.717, 1.165) is 11.3 Å². The van der Waals surface area contributed by atoms with Crippen LogP contribution in [0.2, 0.25) is 0 Å². The molecule has 0 saturated heterocycles. The van der Waals surface area contributed by atoms with Gasteiger partial charge in [0.25, 0.3) is 0 Å². The van der Waals surface area contributed by atoms with E-state index in [0.29, 0.717) is 38.4 Å². The van der Waals surface area contributed by atoms with Gasteiger partial charge in [0.05, 0.1) is 25.5 Å². The van der Waals surface area contributed by atoms with Crippen LogP contribution in [0.15, 0.2) is 47.1 Å². The third-order valence-corrected chi connectivity index (χ3v) is 5.67. The Hall–Kier alpha value is -2.64. The van der Waals surface area contributed by atoms with Crippen LogP contribution in [0.25, 0.3) is 0 Å². The Kier molecular flexibility index (Phi) is 8.10. The molecule has 2 aromatic rings. The molecule has 0 bridgehead atoms. The Bertz CT molecular complexity index is 888.